The van der Waals surface area contributed by atoms with Crippen molar-refractivity contribution in [2.75, 3.05) is 13.2 Å². The maximum absolute atomic E-state index is 12.7. The van der Waals surface area contributed by atoms with E-state index in [0.717, 1.165) is 15.2 Å². The van der Waals surface area contributed by atoms with E-state index < -0.39 is 17.2 Å². The highest BCUT2D eigenvalue weighted by Gasteiger charge is 2.18. The van der Waals surface area contributed by atoms with Crippen LogP contribution >= 0.6 is 0 Å². The fourth-order valence-corrected chi connectivity index (χ4v) is 2.34. The van der Waals surface area contributed by atoms with Gasteiger partial charge in [-0.2, -0.15) is 0 Å². The number of carbonyl (C=O) groups excluding carboxylic acids is 2. The van der Waals surface area contributed by atoms with Gasteiger partial charge in [-0.1, -0.05) is 44.2 Å². The minimum Gasteiger partial charge on any atom is -0.463 e. The van der Waals surface area contributed by atoms with Gasteiger partial charge in [0.15, 0.2) is 0 Å². The Hall–Kier alpha value is -3.20. The third-order valence-electron chi connectivity index (χ3n) is 4.01. The molecular formula is C20H25N3O6. The SMILES string of the molecule is Cc1cn(CC(=O)N(CCOC(=O)C(C)C)OCc2ccccc2)c(=O)[nH]c1=O. The third-order valence-corrected chi connectivity index (χ3v) is 4.01. The van der Waals surface area contributed by atoms with Crippen LogP contribution in [-0.2, 0) is 32.3 Å². The van der Waals surface area contributed by atoms with Crippen molar-refractivity contribution in [2.24, 2.45) is 5.92 Å². The summed E-state index contributed by atoms with van der Waals surface area (Å²) in [4.78, 5) is 55.5. The van der Waals surface area contributed by atoms with Crippen LogP contribution in [0.4, 0.5) is 0 Å². The van der Waals surface area contributed by atoms with Crippen molar-refractivity contribution < 1.29 is 19.2 Å². The van der Waals surface area contributed by atoms with Crippen molar-refractivity contribution in [1.29, 1.82) is 0 Å². The summed E-state index contributed by atoms with van der Waals surface area (Å²) in [6, 6.07) is 9.24. The van der Waals surface area contributed by atoms with Crippen LogP contribution in [0.25, 0.3) is 0 Å². The molecule has 0 unspecified atom stereocenters. The van der Waals surface area contributed by atoms with Gasteiger partial charge in [-0.3, -0.25) is 28.8 Å². The number of hydrogen-bond acceptors (Lipinski definition) is 6. The van der Waals surface area contributed by atoms with Gasteiger partial charge in [0.05, 0.1) is 12.5 Å². The van der Waals surface area contributed by atoms with Crippen molar-refractivity contribution in [1.82, 2.24) is 14.6 Å². The minimum absolute atomic E-state index is 0.00120. The largest absolute Gasteiger partial charge is 0.463 e. The molecule has 1 N–H and O–H groups in total. The summed E-state index contributed by atoms with van der Waals surface area (Å²) in [5.41, 5.74) is -0.0405. The number of esters is 1. The molecular weight excluding hydrogens is 378 g/mol. The normalized spacial score (nSPS) is 10.8. The molecule has 1 aromatic heterocycles. The van der Waals surface area contributed by atoms with Crippen LogP contribution in [0, 0.1) is 12.8 Å². The van der Waals surface area contributed by atoms with Crippen molar-refractivity contribution >= 4 is 11.9 Å². The predicted octanol–water partition coefficient (Wildman–Crippen LogP) is 1.00. The number of nitrogens with one attached hydrogen (secondary N) is 1. The summed E-state index contributed by atoms with van der Waals surface area (Å²) in [6.45, 7) is 4.71. The second-order valence-electron chi connectivity index (χ2n) is 6.78. The first-order valence-corrected chi connectivity index (χ1v) is 9.22. The Morgan fingerprint density at radius 3 is 2.52 bits per heavy atom. The molecule has 0 fully saturated rings. The number of hydroxylamine groups is 2. The maximum atomic E-state index is 12.7. The van der Waals surface area contributed by atoms with E-state index in [-0.39, 0.29) is 38.2 Å². The Morgan fingerprint density at radius 1 is 1.17 bits per heavy atom. The zero-order chi connectivity index (χ0) is 21.4. The number of aromatic amines is 1. The average Bonchev–Trinajstić information content (AvgIpc) is 2.69. The predicted molar refractivity (Wildman–Crippen MR) is 105 cm³/mol. The number of rotatable bonds is 9. The molecule has 0 spiro atoms. The molecule has 0 bridgehead atoms. The second kappa shape index (κ2) is 10.4. The standard InChI is InChI=1S/C20H25N3O6/c1-14(2)19(26)28-10-9-23(29-13-16-7-5-4-6-8-16)17(24)12-22-11-15(3)18(25)21-20(22)27/h4-8,11,14H,9-10,12-13H2,1-3H3,(H,21,25,27). The van der Waals surface area contributed by atoms with Gasteiger partial charge in [0, 0.05) is 11.8 Å². The van der Waals surface area contributed by atoms with Gasteiger partial charge >= 0.3 is 11.7 Å². The average molecular weight is 403 g/mol. The van der Waals surface area contributed by atoms with Crippen LogP contribution in [0.15, 0.2) is 46.1 Å². The summed E-state index contributed by atoms with van der Waals surface area (Å²) in [6.07, 6.45) is 1.31. The van der Waals surface area contributed by atoms with E-state index in [1.807, 2.05) is 30.3 Å². The molecule has 0 saturated heterocycles. The molecule has 2 rings (SSSR count). The van der Waals surface area contributed by atoms with Gasteiger partial charge in [-0.05, 0) is 12.5 Å². The molecule has 9 nitrogen and oxygen atoms in total. The van der Waals surface area contributed by atoms with Gasteiger partial charge in [-0.15, -0.1) is 0 Å². The number of H-pyrrole nitrogens is 1. The highest BCUT2D eigenvalue weighted by atomic mass is 16.7. The van der Waals surface area contributed by atoms with E-state index in [4.69, 9.17) is 9.57 Å². The zero-order valence-corrected chi connectivity index (χ0v) is 16.7. The number of ether oxygens (including phenoxy) is 1. The fraction of sp³-hybridized carbons (Fsp3) is 0.400. The summed E-state index contributed by atoms with van der Waals surface area (Å²) in [5, 5.41) is 1.06. The van der Waals surface area contributed by atoms with Crippen molar-refractivity contribution in [3.8, 4) is 0 Å². The number of amides is 1. The number of aromatic nitrogens is 2. The molecule has 9 heteroatoms. The zero-order valence-electron chi connectivity index (χ0n) is 16.7. The molecule has 156 valence electrons. The molecule has 0 aliphatic heterocycles. The lowest BCUT2D eigenvalue weighted by Gasteiger charge is -2.22. The number of carbonyl (C=O) groups is 2. The molecule has 0 radical (unpaired) electrons. The summed E-state index contributed by atoms with van der Waals surface area (Å²) in [5.74, 6) is -1.19. The molecule has 0 saturated carbocycles. The Bertz CT molecular complexity index is 949. The Morgan fingerprint density at radius 2 is 1.86 bits per heavy atom. The van der Waals surface area contributed by atoms with Gasteiger partial charge in [0.1, 0.15) is 19.8 Å². The van der Waals surface area contributed by atoms with Crippen molar-refractivity contribution in [3.63, 3.8) is 0 Å². The van der Waals surface area contributed by atoms with E-state index in [1.54, 1.807) is 13.8 Å². The minimum atomic E-state index is -0.691. The highest BCUT2D eigenvalue weighted by molar-refractivity contribution is 5.75. The molecule has 1 amide bonds. The number of hydrogen-bond donors (Lipinski definition) is 1. The maximum Gasteiger partial charge on any atom is 0.328 e. The quantitative estimate of drug-likeness (QED) is 0.494. The summed E-state index contributed by atoms with van der Waals surface area (Å²) in [7, 11) is 0. The number of aryl methyl sites for hydroxylation is 1. The van der Waals surface area contributed by atoms with Crippen molar-refractivity contribution in [3.05, 3.63) is 68.5 Å². The van der Waals surface area contributed by atoms with Crippen LogP contribution in [0.1, 0.15) is 25.0 Å². The van der Waals surface area contributed by atoms with Crippen LogP contribution in [0.3, 0.4) is 0 Å². The lowest BCUT2D eigenvalue weighted by molar-refractivity contribution is -0.197. The van der Waals surface area contributed by atoms with E-state index >= 15 is 0 Å². The lowest BCUT2D eigenvalue weighted by Crippen LogP contribution is -2.40. The molecule has 1 heterocycles. The molecule has 0 aliphatic carbocycles. The van der Waals surface area contributed by atoms with E-state index in [0.29, 0.717) is 5.56 Å². The van der Waals surface area contributed by atoms with Crippen LogP contribution in [0.2, 0.25) is 0 Å². The molecule has 29 heavy (non-hydrogen) atoms. The fourth-order valence-electron chi connectivity index (χ4n) is 2.34. The first kappa shape index (κ1) is 22.1. The lowest BCUT2D eigenvalue weighted by atomic mass is 10.2. The Kier molecular flexibility index (Phi) is 7.90. The highest BCUT2D eigenvalue weighted by Crippen LogP contribution is 2.05. The van der Waals surface area contributed by atoms with Gasteiger partial charge < -0.3 is 4.74 Å². The monoisotopic (exact) mass is 403 g/mol. The summed E-state index contributed by atoms with van der Waals surface area (Å²) >= 11 is 0. The Labute approximate surface area is 167 Å². The van der Waals surface area contributed by atoms with E-state index in [2.05, 4.69) is 4.98 Å². The number of benzene rings is 1. The van der Waals surface area contributed by atoms with Crippen LogP contribution in [0.5, 0.6) is 0 Å². The first-order chi connectivity index (χ1) is 13.8. The smallest absolute Gasteiger partial charge is 0.328 e. The van der Waals surface area contributed by atoms with E-state index in [1.165, 1.54) is 13.1 Å². The molecule has 0 atom stereocenters. The molecule has 0 aliphatic rings. The first-order valence-electron chi connectivity index (χ1n) is 9.22. The van der Waals surface area contributed by atoms with Crippen LogP contribution < -0.4 is 11.2 Å². The number of nitrogens with zero attached hydrogens (tertiary/aromatic N) is 2. The Balaban J connectivity index is 2.08. The molecule has 1 aromatic carbocycles. The van der Waals surface area contributed by atoms with Crippen molar-refractivity contribution in [2.45, 2.75) is 33.9 Å². The summed E-state index contributed by atoms with van der Waals surface area (Å²) < 4.78 is 6.21. The topological polar surface area (TPSA) is 111 Å². The second-order valence-corrected chi connectivity index (χ2v) is 6.78. The van der Waals surface area contributed by atoms with E-state index in [9.17, 15) is 19.2 Å². The van der Waals surface area contributed by atoms with Gasteiger partial charge in [0.25, 0.3) is 11.5 Å². The van der Waals surface area contributed by atoms with Gasteiger partial charge in [-0.25, -0.2) is 9.86 Å². The molecule has 2 aromatic rings. The third kappa shape index (κ3) is 6.72. The van der Waals surface area contributed by atoms with Gasteiger partial charge in [0.2, 0.25) is 0 Å². The van der Waals surface area contributed by atoms with Crippen LogP contribution in [-0.4, -0.2) is 39.6 Å².